The number of aryl methyl sites for hydroxylation is 1. The second-order valence-electron chi connectivity index (χ2n) is 5.96. The molecule has 2 N–H and O–H groups in total. The van der Waals surface area contributed by atoms with Gasteiger partial charge in [0, 0.05) is 12.2 Å². The summed E-state index contributed by atoms with van der Waals surface area (Å²) in [7, 11) is 3.11. The first-order valence-corrected chi connectivity index (χ1v) is 8.41. The van der Waals surface area contributed by atoms with E-state index in [4.69, 9.17) is 9.47 Å². The lowest BCUT2D eigenvalue weighted by atomic mass is 10.2. The summed E-state index contributed by atoms with van der Waals surface area (Å²) in [4.78, 5) is 25.2. The minimum atomic E-state index is -0.432. The molecule has 0 bridgehead atoms. The van der Waals surface area contributed by atoms with Crippen LogP contribution >= 0.6 is 0 Å². The van der Waals surface area contributed by atoms with Crippen LogP contribution in [0.5, 0.6) is 11.5 Å². The van der Waals surface area contributed by atoms with E-state index >= 15 is 0 Å². The molecule has 3 rings (SSSR count). The third-order valence-electron chi connectivity index (χ3n) is 4.21. The van der Waals surface area contributed by atoms with E-state index in [-0.39, 0.29) is 17.7 Å². The summed E-state index contributed by atoms with van der Waals surface area (Å²) in [6.07, 6.45) is 0. The number of ether oxygens (including phenoxy) is 2. The predicted molar refractivity (Wildman–Crippen MR) is 102 cm³/mol. The lowest BCUT2D eigenvalue weighted by Gasteiger charge is -2.10. The Labute approximate surface area is 156 Å². The smallest absolute Gasteiger partial charge is 0.284 e. The van der Waals surface area contributed by atoms with Gasteiger partial charge in [0.2, 0.25) is 0 Å². The van der Waals surface area contributed by atoms with Gasteiger partial charge in [-0.1, -0.05) is 24.3 Å². The molecule has 0 aliphatic rings. The Morgan fingerprint density at radius 3 is 2.44 bits per heavy atom. The molecular formula is C20H21N3O4. The Morgan fingerprint density at radius 1 is 1.07 bits per heavy atom. The lowest BCUT2D eigenvalue weighted by molar-refractivity contribution is 0.0949. The Bertz CT molecular complexity index is 1010. The summed E-state index contributed by atoms with van der Waals surface area (Å²) < 4.78 is 11.8. The molecule has 0 saturated heterocycles. The van der Waals surface area contributed by atoms with Crippen molar-refractivity contribution >= 4 is 5.91 Å². The van der Waals surface area contributed by atoms with Crippen molar-refractivity contribution in [3.63, 3.8) is 0 Å². The van der Waals surface area contributed by atoms with E-state index in [9.17, 15) is 9.59 Å². The van der Waals surface area contributed by atoms with Gasteiger partial charge in [0.1, 0.15) is 5.56 Å². The van der Waals surface area contributed by atoms with Crippen LogP contribution in [0.3, 0.4) is 0 Å². The molecule has 0 aliphatic carbocycles. The van der Waals surface area contributed by atoms with Crippen LogP contribution in [0.4, 0.5) is 0 Å². The van der Waals surface area contributed by atoms with Crippen LogP contribution < -0.4 is 20.3 Å². The number of H-pyrrole nitrogens is 1. The van der Waals surface area contributed by atoms with E-state index < -0.39 is 5.91 Å². The third kappa shape index (κ3) is 3.72. The van der Waals surface area contributed by atoms with Gasteiger partial charge in [-0.2, -0.15) is 0 Å². The molecule has 140 valence electrons. The van der Waals surface area contributed by atoms with E-state index in [0.717, 1.165) is 5.56 Å². The highest BCUT2D eigenvalue weighted by Gasteiger charge is 2.19. The predicted octanol–water partition coefficient (Wildman–Crippen LogP) is 2.42. The number of hydrogen-bond donors (Lipinski definition) is 2. The summed E-state index contributed by atoms with van der Waals surface area (Å²) in [6.45, 7) is 1.96. The Hall–Kier alpha value is -3.48. The van der Waals surface area contributed by atoms with Gasteiger partial charge >= 0.3 is 0 Å². The fourth-order valence-corrected chi connectivity index (χ4v) is 2.83. The largest absolute Gasteiger partial charge is 0.493 e. The summed E-state index contributed by atoms with van der Waals surface area (Å²) >= 11 is 0. The van der Waals surface area contributed by atoms with Crippen molar-refractivity contribution in [3.8, 4) is 17.2 Å². The third-order valence-corrected chi connectivity index (χ3v) is 4.21. The number of hydrogen-bond acceptors (Lipinski definition) is 4. The highest BCUT2D eigenvalue weighted by Crippen LogP contribution is 2.27. The molecule has 0 aliphatic heterocycles. The monoisotopic (exact) mass is 367 g/mol. The molecule has 27 heavy (non-hydrogen) atoms. The molecular weight excluding hydrogens is 346 g/mol. The maximum Gasteiger partial charge on any atom is 0.284 e. The second-order valence-corrected chi connectivity index (χ2v) is 5.96. The number of aromatic amines is 1. The summed E-state index contributed by atoms with van der Waals surface area (Å²) in [5, 5.41) is 5.73. The zero-order chi connectivity index (χ0) is 19.4. The first-order chi connectivity index (χ1) is 13.0. The van der Waals surface area contributed by atoms with Crippen molar-refractivity contribution in [2.75, 3.05) is 14.2 Å². The molecule has 7 heteroatoms. The fraction of sp³-hybridized carbons (Fsp3) is 0.200. The van der Waals surface area contributed by atoms with Gasteiger partial charge in [0.15, 0.2) is 11.5 Å². The molecule has 0 spiro atoms. The Balaban J connectivity index is 1.79. The highest BCUT2D eigenvalue weighted by atomic mass is 16.5. The minimum absolute atomic E-state index is 0.0966. The molecule has 0 fully saturated rings. The first-order valence-electron chi connectivity index (χ1n) is 8.41. The molecule has 0 radical (unpaired) electrons. The van der Waals surface area contributed by atoms with Crippen LogP contribution in [0.25, 0.3) is 5.69 Å². The second kappa shape index (κ2) is 7.82. The summed E-state index contributed by atoms with van der Waals surface area (Å²) in [5.74, 6) is 0.756. The highest BCUT2D eigenvalue weighted by molar-refractivity contribution is 5.95. The molecule has 2 aromatic carbocycles. The van der Waals surface area contributed by atoms with Gasteiger partial charge < -0.3 is 14.8 Å². The lowest BCUT2D eigenvalue weighted by Crippen LogP contribution is -2.29. The number of rotatable bonds is 6. The number of amides is 1. The van der Waals surface area contributed by atoms with E-state index in [2.05, 4.69) is 10.4 Å². The molecule has 0 unspecified atom stereocenters. The topological polar surface area (TPSA) is 85.4 Å². The van der Waals surface area contributed by atoms with Crippen molar-refractivity contribution in [2.45, 2.75) is 13.5 Å². The van der Waals surface area contributed by atoms with Gasteiger partial charge in [-0.25, -0.2) is 4.68 Å². The fourth-order valence-electron chi connectivity index (χ4n) is 2.83. The SMILES string of the molecule is COc1ccc(CNC(=O)c2c(C)[nH]n(-c3ccccc3)c2=O)cc1OC. The Morgan fingerprint density at radius 2 is 1.78 bits per heavy atom. The van der Waals surface area contributed by atoms with Crippen molar-refractivity contribution in [3.05, 3.63) is 75.7 Å². The molecule has 1 amide bonds. The standard InChI is InChI=1S/C20H21N3O4/c1-13-18(20(25)23(22-13)15-7-5-4-6-8-15)19(24)21-12-14-9-10-16(26-2)17(11-14)27-3/h4-11,22H,12H2,1-3H3,(H,21,24). The number of benzene rings is 2. The number of nitrogens with one attached hydrogen (secondary N) is 2. The van der Waals surface area contributed by atoms with Crippen LogP contribution in [-0.4, -0.2) is 29.9 Å². The number of carbonyl (C=O) groups excluding carboxylic acids is 1. The summed E-state index contributed by atoms with van der Waals surface area (Å²) in [6, 6.07) is 14.5. The van der Waals surface area contributed by atoms with Gasteiger partial charge in [0.05, 0.1) is 19.9 Å². The van der Waals surface area contributed by atoms with E-state index in [1.807, 2.05) is 24.3 Å². The number of carbonyl (C=O) groups is 1. The molecule has 0 atom stereocenters. The maximum atomic E-state index is 12.7. The number of aromatic nitrogens is 2. The first kappa shape index (κ1) is 18.3. The van der Waals surface area contributed by atoms with Crippen LogP contribution in [0, 0.1) is 6.92 Å². The summed E-state index contributed by atoms with van der Waals surface area (Å²) in [5.41, 5.74) is 1.72. The van der Waals surface area contributed by atoms with E-state index in [1.54, 1.807) is 45.4 Å². The zero-order valence-corrected chi connectivity index (χ0v) is 15.4. The molecule has 0 saturated carbocycles. The maximum absolute atomic E-state index is 12.7. The van der Waals surface area contributed by atoms with Crippen LogP contribution in [-0.2, 0) is 6.54 Å². The molecule has 3 aromatic rings. The minimum Gasteiger partial charge on any atom is -0.493 e. The van der Waals surface area contributed by atoms with E-state index in [0.29, 0.717) is 22.9 Å². The quantitative estimate of drug-likeness (QED) is 0.701. The average Bonchev–Trinajstić information content (AvgIpc) is 3.00. The van der Waals surface area contributed by atoms with Crippen LogP contribution in [0.2, 0.25) is 0 Å². The van der Waals surface area contributed by atoms with Crippen molar-refractivity contribution in [1.29, 1.82) is 0 Å². The van der Waals surface area contributed by atoms with Crippen LogP contribution in [0.1, 0.15) is 21.6 Å². The van der Waals surface area contributed by atoms with E-state index in [1.165, 1.54) is 4.68 Å². The number of nitrogens with zero attached hydrogens (tertiary/aromatic N) is 1. The zero-order valence-electron chi connectivity index (χ0n) is 15.4. The van der Waals surface area contributed by atoms with Gasteiger partial charge in [-0.05, 0) is 36.8 Å². The Kier molecular flexibility index (Phi) is 5.30. The van der Waals surface area contributed by atoms with Crippen molar-refractivity contribution in [2.24, 2.45) is 0 Å². The number of para-hydroxylation sites is 1. The van der Waals surface area contributed by atoms with Gasteiger partial charge in [-0.15, -0.1) is 0 Å². The van der Waals surface area contributed by atoms with Crippen molar-refractivity contribution in [1.82, 2.24) is 15.1 Å². The molecule has 7 nitrogen and oxygen atoms in total. The molecule has 1 heterocycles. The average molecular weight is 367 g/mol. The van der Waals surface area contributed by atoms with Crippen LogP contribution in [0.15, 0.2) is 53.3 Å². The number of methoxy groups -OCH3 is 2. The van der Waals surface area contributed by atoms with Crippen molar-refractivity contribution < 1.29 is 14.3 Å². The van der Waals surface area contributed by atoms with Gasteiger partial charge in [-0.3, -0.25) is 14.7 Å². The normalized spacial score (nSPS) is 10.5. The molecule has 1 aromatic heterocycles. The van der Waals surface area contributed by atoms with Gasteiger partial charge in [0.25, 0.3) is 11.5 Å².